The minimum atomic E-state index is 0.658. The normalized spacial score (nSPS) is 11.0. The van der Waals surface area contributed by atoms with Crippen LogP contribution in [0.1, 0.15) is 19.0 Å². The summed E-state index contributed by atoms with van der Waals surface area (Å²) in [7, 11) is 0. The molecule has 1 rings (SSSR count). The van der Waals surface area contributed by atoms with E-state index in [1.807, 2.05) is 24.3 Å². The minimum Gasteiger partial charge on any atom is -0.377 e. The molecule has 0 radical (unpaired) electrons. The highest BCUT2D eigenvalue weighted by molar-refractivity contribution is 9.10. The van der Waals surface area contributed by atoms with Crippen molar-refractivity contribution in [2.75, 3.05) is 13.2 Å². The summed E-state index contributed by atoms with van der Waals surface area (Å²) in [6.45, 7) is 3.57. The van der Waals surface area contributed by atoms with Crippen molar-refractivity contribution in [3.63, 3.8) is 0 Å². The van der Waals surface area contributed by atoms with Gasteiger partial charge in [0.15, 0.2) is 0 Å². The Bertz CT molecular complexity index is 282. The Labute approximate surface area is 93.1 Å². The molecule has 0 aromatic carbocycles. The van der Waals surface area contributed by atoms with Gasteiger partial charge in [0.1, 0.15) is 0 Å². The molecule has 0 aliphatic carbocycles. The summed E-state index contributed by atoms with van der Waals surface area (Å²) in [6.07, 6.45) is 6.78. The van der Waals surface area contributed by atoms with Crippen LogP contribution in [0.25, 0.3) is 6.08 Å². The SMILES string of the molecule is CCCOCC=Cc1ccc(Br)cn1. The van der Waals surface area contributed by atoms with Crippen molar-refractivity contribution in [2.24, 2.45) is 0 Å². The number of rotatable bonds is 5. The summed E-state index contributed by atoms with van der Waals surface area (Å²) in [5.41, 5.74) is 0.952. The number of nitrogens with zero attached hydrogens (tertiary/aromatic N) is 1. The lowest BCUT2D eigenvalue weighted by Crippen LogP contribution is -1.91. The minimum absolute atomic E-state index is 0.658. The maximum Gasteiger partial charge on any atom is 0.0651 e. The summed E-state index contributed by atoms with van der Waals surface area (Å²) in [4.78, 5) is 4.21. The molecule has 0 fully saturated rings. The summed E-state index contributed by atoms with van der Waals surface area (Å²) >= 11 is 3.34. The van der Waals surface area contributed by atoms with Crippen LogP contribution in [0.3, 0.4) is 0 Å². The van der Waals surface area contributed by atoms with Gasteiger partial charge in [-0.2, -0.15) is 0 Å². The van der Waals surface area contributed by atoms with Crippen molar-refractivity contribution < 1.29 is 4.74 Å². The Morgan fingerprint density at radius 3 is 3.00 bits per heavy atom. The average Bonchev–Trinajstić information content (AvgIpc) is 2.21. The van der Waals surface area contributed by atoms with Gasteiger partial charge in [-0.25, -0.2) is 0 Å². The van der Waals surface area contributed by atoms with E-state index in [2.05, 4.69) is 27.8 Å². The number of pyridine rings is 1. The number of halogens is 1. The molecule has 3 heteroatoms. The Morgan fingerprint density at radius 2 is 2.36 bits per heavy atom. The third kappa shape index (κ3) is 4.53. The zero-order valence-electron chi connectivity index (χ0n) is 8.24. The second-order valence-electron chi connectivity index (χ2n) is 2.88. The second-order valence-corrected chi connectivity index (χ2v) is 3.79. The molecule has 0 saturated heterocycles. The molecule has 76 valence electrons. The summed E-state index contributed by atoms with van der Waals surface area (Å²) in [5.74, 6) is 0. The van der Waals surface area contributed by atoms with Crippen LogP contribution in [-0.2, 0) is 4.74 Å². The number of ether oxygens (including phenoxy) is 1. The van der Waals surface area contributed by atoms with Crippen molar-refractivity contribution >= 4 is 22.0 Å². The summed E-state index contributed by atoms with van der Waals surface area (Å²) < 4.78 is 6.30. The number of hydrogen-bond donors (Lipinski definition) is 0. The van der Waals surface area contributed by atoms with Crippen LogP contribution >= 0.6 is 15.9 Å². The van der Waals surface area contributed by atoms with Crippen molar-refractivity contribution in [2.45, 2.75) is 13.3 Å². The first-order valence-electron chi connectivity index (χ1n) is 4.68. The van der Waals surface area contributed by atoms with E-state index in [1.54, 1.807) is 6.20 Å². The highest BCUT2D eigenvalue weighted by atomic mass is 79.9. The van der Waals surface area contributed by atoms with E-state index < -0.39 is 0 Å². The smallest absolute Gasteiger partial charge is 0.0651 e. The van der Waals surface area contributed by atoms with E-state index in [1.165, 1.54) is 0 Å². The second kappa shape index (κ2) is 6.74. The van der Waals surface area contributed by atoms with Crippen LogP contribution in [0.15, 0.2) is 28.9 Å². The quantitative estimate of drug-likeness (QED) is 0.754. The molecule has 0 saturated carbocycles. The van der Waals surface area contributed by atoms with Crippen molar-refractivity contribution in [1.29, 1.82) is 0 Å². The van der Waals surface area contributed by atoms with Gasteiger partial charge in [0, 0.05) is 17.3 Å². The molecule has 2 nitrogen and oxygen atoms in total. The fourth-order valence-electron chi connectivity index (χ4n) is 0.950. The molecule has 1 aromatic rings. The highest BCUT2D eigenvalue weighted by Crippen LogP contribution is 2.08. The Hall–Kier alpha value is -0.670. The van der Waals surface area contributed by atoms with Gasteiger partial charge in [-0.1, -0.05) is 13.0 Å². The number of aromatic nitrogens is 1. The Kier molecular flexibility index (Phi) is 5.49. The Morgan fingerprint density at radius 1 is 1.50 bits per heavy atom. The molecule has 0 N–H and O–H groups in total. The molecule has 0 bridgehead atoms. The molecule has 0 spiro atoms. The van der Waals surface area contributed by atoms with E-state index in [0.29, 0.717) is 6.61 Å². The third-order valence-corrected chi connectivity index (χ3v) is 2.07. The predicted octanol–water partition coefficient (Wildman–Crippen LogP) is 3.28. The van der Waals surface area contributed by atoms with Gasteiger partial charge in [0.05, 0.1) is 12.3 Å². The topological polar surface area (TPSA) is 22.1 Å². The van der Waals surface area contributed by atoms with Gasteiger partial charge in [-0.05, 0) is 40.6 Å². The average molecular weight is 256 g/mol. The fourth-order valence-corrected chi connectivity index (χ4v) is 1.18. The van der Waals surface area contributed by atoms with Gasteiger partial charge in [0.25, 0.3) is 0 Å². The molecule has 0 amide bonds. The molecular weight excluding hydrogens is 242 g/mol. The maximum atomic E-state index is 5.30. The molecule has 0 atom stereocenters. The first-order chi connectivity index (χ1) is 6.83. The van der Waals surface area contributed by atoms with Gasteiger partial charge in [0.2, 0.25) is 0 Å². The van der Waals surface area contributed by atoms with Crippen LogP contribution in [-0.4, -0.2) is 18.2 Å². The Balaban J connectivity index is 2.33. The highest BCUT2D eigenvalue weighted by Gasteiger charge is 1.88. The van der Waals surface area contributed by atoms with E-state index in [4.69, 9.17) is 4.74 Å². The van der Waals surface area contributed by atoms with Gasteiger partial charge in [-0.15, -0.1) is 0 Å². The molecule has 0 aliphatic heterocycles. The summed E-state index contributed by atoms with van der Waals surface area (Å²) in [5, 5.41) is 0. The van der Waals surface area contributed by atoms with Crippen molar-refractivity contribution in [3.8, 4) is 0 Å². The molecule has 0 unspecified atom stereocenters. The molecule has 1 aromatic heterocycles. The largest absolute Gasteiger partial charge is 0.377 e. The number of hydrogen-bond acceptors (Lipinski definition) is 2. The molecule has 0 aliphatic rings. The first kappa shape index (κ1) is 11.4. The van der Waals surface area contributed by atoms with E-state index in [-0.39, 0.29) is 0 Å². The molecule has 1 heterocycles. The molecular formula is C11H14BrNO. The van der Waals surface area contributed by atoms with Crippen molar-refractivity contribution in [1.82, 2.24) is 4.98 Å². The zero-order chi connectivity index (χ0) is 10.2. The zero-order valence-corrected chi connectivity index (χ0v) is 9.83. The lowest BCUT2D eigenvalue weighted by molar-refractivity contribution is 0.163. The monoisotopic (exact) mass is 255 g/mol. The lowest BCUT2D eigenvalue weighted by Gasteiger charge is -1.96. The predicted molar refractivity (Wildman–Crippen MR) is 62.1 cm³/mol. The van der Waals surface area contributed by atoms with Gasteiger partial charge >= 0.3 is 0 Å². The van der Waals surface area contributed by atoms with Crippen molar-refractivity contribution in [3.05, 3.63) is 34.6 Å². The first-order valence-corrected chi connectivity index (χ1v) is 5.48. The van der Waals surface area contributed by atoms with Crippen LogP contribution in [0, 0.1) is 0 Å². The summed E-state index contributed by atoms with van der Waals surface area (Å²) in [6, 6.07) is 3.93. The van der Waals surface area contributed by atoms with Crippen LogP contribution < -0.4 is 0 Å². The van der Waals surface area contributed by atoms with E-state index >= 15 is 0 Å². The third-order valence-electron chi connectivity index (χ3n) is 1.60. The van der Waals surface area contributed by atoms with Crippen LogP contribution in [0.2, 0.25) is 0 Å². The standard InChI is InChI=1S/C11H14BrNO/c1-2-7-14-8-3-4-11-6-5-10(12)9-13-11/h3-6,9H,2,7-8H2,1H3. The fraction of sp³-hybridized carbons (Fsp3) is 0.364. The van der Waals surface area contributed by atoms with Crippen LogP contribution in [0.4, 0.5) is 0 Å². The van der Waals surface area contributed by atoms with Crippen LogP contribution in [0.5, 0.6) is 0 Å². The van der Waals surface area contributed by atoms with Gasteiger partial charge in [-0.3, -0.25) is 4.98 Å². The van der Waals surface area contributed by atoms with Gasteiger partial charge < -0.3 is 4.74 Å². The molecule has 14 heavy (non-hydrogen) atoms. The van der Waals surface area contributed by atoms with E-state index in [0.717, 1.165) is 23.2 Å². The maximum absolute atomic E-state index is 5.30. The van der Waals surface area contributed by atoms with E-state index in [9.17, 15) is 0 Å². The lowest BCUT2D eigenvalue weighted by atomic mass is 10.3.